The van der Waals surface area contributed by atoms with E-state index in [4.69, 9.17) is 9.72 Å². The number of aryl methyl sites for hydroxylation is 1. The molecule has 1 N–H and O–H groups in total. The highest BCUT2D eigenvalue weighted by atomic mass is 32.2. The zero-order valence-electron chi connectivity index (χ0n) is 21.0. The van der Waals surface area contributed by atoms with Gasteiger partial charge in [-0.05, 0) is 49.6 Å². The van der Waals surface area contributed by atoms with Crippen molar-refractivity contribution in [3.63, 3.8) is 0 Å². The van der Waals surface area contributed by atoms with Crippen LogP contribution >= 0.6 is 11.8 Å². The lowest BCUT2D eigenvalue weighted by Gasteiger charge is -2.37. The normalized spacial score (nSPS) is 17.7. The smallest absolute Gasteiger partial charge is 0.251 e. The molecule has 194 valence electrons. The van der Waals surface area contributed by atoms with E-state index in [9.17, 15) is 9.18 Å². The number of carbonyl (C=O) groups is 1. The number of piperazine rings is 1. The van der Waals surface area contributed by atoms with Gasteiger partial charge in [0.05, 0.1) is 11.8 Å². The summed E-state index contributed by atoms with van der Waals surface area (Å²) >= 11 is 1.58. The summed E-state index contributed by atoms with van der Waals surface area (Å²) in [5, 5.41) is 3.69. The molecule has 0 aliphatic carbocycles. The molecule has 37 heavy (non-hydrogen) atoms. The van der Waals surface area contributed by atoms with Crippen LogP contribution in [0.15, 0.2) is 59.8 Å². The van der Waals surface area contributed by atoms with Crippen molar-refractivity contribution in [3.05, 3.63) is 77.2 Å². The molecule has 7 nitrogen and oxygen atoms in total. The second-order valence-electron chi connectivity index (χ2n) is 9.41. The molecule has 2 fully saturated rings. The summed E-state index contributed by atoms with van der Waals surface area (Å²) in [6.07, 6.45) is 2.20. The van der Waals surface area contributed by atoms with Gasteiger partial charge in [-0.25, -0.2) is 14.4 Å². The van der Waals surface area contributed by atoms with E-state index in [0.29, 0.717) is 23.5 Å². The predicted molar refractivity (Wildman–Crippen MR) is 145 cm³/mol. The van der Waals surface area contributed by atoms with E-state index in [0.717, 1.165) is 67.9 Å². The summed E-state index contributed by atoms with van der Waals surface area (Å²) < 4.78 is 19.7. The second-order valence-corrected chi connectivity index (χ2v) is 10.3. The fraction of sp³-hybridized carbons (Fsp3) is 0.393. The minimum atomic E-state index is -0.181. The van der Waals surface area contributed by atoms with Crippen LogP contribution in [0, 0.1) is 12.7 Å². The van der Waals surface area contributed by atoms with Crippen LogP contribution in [0.2, 0.25) is 0 Å². The van der Waals surface area contributed by atoms with Gasteiger partial charge in [0.1, 0.15) is 11.6 Å². The maximum atomic E-state index is 14.2. The molecule has 2 saturated heterocycles. The van der Waals surface area contributed by atoms with Gasteiger partial charge in [-0.1, -0.05) is 36.0 Å². The second kappa shape index (κ2) is 11.9. The van der Waals surface area contributed by atoms with Crippen LogP contribution in [0.1, 0.15) is 34.5 Å². The maximum Gasteiger partial charge on any atom is 0.251 e. The lowest BCUT2D eigenvalue weighted by atomic mass is 10.1. The van der Waals surface area contributed by atoms with Crippen LogP contribution in [0.5, 0.6) is 0 Å². The van der Waals surface area contributed by atoms with Gasteiger partial charge < -0.3 is 19.9 Å². The summed E-state index contributed by atoms with van der Waals surface area (Å²) in [7, 11) is 0. The summed E-state index contributed by atoms with van der Waals surface area (Å²) in [4.78, 5) is 26.2. The molecule has 2 aliphatic heterocycles. The topological polar surface area (TPSA) is 70.6 Å². The Labute approximate surface area is 221 Å². The lowest BCUT2D eigenvalue weighted by molar-refractivity contribution is 0.0858. The maximum absolute atomic E-state index is 14.2. The van der Waals surface area contributed by atoms with Crippen LogP contribution < -0.4 is 15.1 Å². The largest absolute Gasteiger partial charge is 0.376 e. The zero-order valence-corrected chi connectivity index (χ0v) is 21.8. The van der Waals surface area contributed by atoms with E-state index >= 15 is 0 Å². The number of benzene rings is 2. The van der Waals surface area contributed by atoms with Crippen molar-refractivity contribution in [2.75, 3.05) is 49.1 Å². The van der Waals surface area contributed by atoms with Crippen molar-refractivity contribution in [1.82, 2.24) is 15.3 Å². The van der Waals surface area contributed by atoms with Crippen LogP contribution in [-0.2, 0) is 10.5 Å². The zero-order chi connectivity index (χ0) is 25.6. The Morgan fingerprint density at radius 1 is 1.08 bits per heavy atom. The lowest BCUT2D eigenvalue weighted by Crippen LogP contribution is -2.47. The molecule has 0 spiro atoms. The van der Waals surface area contributed by atoms with Gasteiger partial charge in [-0.2, -0.15) is 0 Å². The number of nitrogens with zero attached hydrogens (tertiary/aromatic N) is 4. The number of para-hydroxylation sites is 1. The fourth-order valence-corrected chi connectivity index (χ4v) is 5.51. The van der Waals surface area contributed by atoms with Gasteiger partial charge in [0.15, 0.2) is 5.16 Å². The highest BCUT2D eigenvalue weighted by Gasteiger charge is 2.21. The molecule has 1 unspecified atom stereocenters. The highest BCUT2D eigenvalue weighted by Crippen LogP contribution is 2.25. The minimum absolute atomic E-state index is 0.0727. The summed E-state index contributed by atoms with van der Waals surface area (Å²) in [5.41, 5.74) is 3.33. The Morgan fingerprint density at radius 2 is 1.84 bits per heavy atom. The number of rotatable bonds is 8. The fourth-order valence-electron chi connectivity index (χ4n) is 4.65. The van der Waals surface area contributed by atoms with Crippen LogP contribution in [0.25, 0.3) is 0 Å². The number of anilines is 2. The Kier molecular flexibility index (Phi) is 8.21. The van der Waals surface area contributed by atoms with Crippen molar-refractivity contribution in [2.45, 2.75) is 36.8 Å². The molecule has 0 bridgehead atoms. The molecule has 1 amide bonds. The monoisotopic (exact) mass is 521 g/mol. The third kappa shape index (κ3) is 6.59. The summed E-state index contributed by atoms with van der Waals surface area (Å²) in [6, 6.07) is 16.6. The van der Waals surface area contributed by atoms with Crippen LogP contribution in [-0.4, -0.2) is 61.3 Å². The van der Waals surface area contributed by atoms with E-state index in [-0.39, 0.29) is 17.8 Å². The first kappa shape index (κ1) is 25.5. The highest BCUT2D eigenvalue weighted by molar-refractivity contribution is 7.98. The molecule has 3 aromatic rings. The van der Waals surface area contributed by atoms with Crippen molar-refractivity contribution < 1.29 is 13.9 Å². The van der Waals surface area contributed by atoms with Crippen molar-refractivity contribution in [1.29, 1.82) is 0 Å². The quantitative estimate of drug-likeness (QED) is 0.347. The molecular weight excluding hydrogens is 489 g/mol. The third-order valence-electron chi connectivity index (χ3n) is 6.72. The molecule has 1 atom stereocenters. The predicted octanol–water partition coefficient (Wildman–Crippen LogP) is 4.45. The summed E-state index contributed by atoms with van der Waals surface area (Å²) in [5.74, 6) is 1.36. The van der Waals surface area contributed by atoms with E-state index < -0.39 is 0 Å². The molecule has 0 saturated carbocycles. The molecule has 0 radical (unpaired) electrons. The number of thioether (sulfide) groups is 1. The van der Waals surface area contributed by atoms with Gasteiger partial charge in [0.2, 0.25) is 0 Å². The van der Waals surface area contributed by atoms with Crippen LogP contribution in [0.4, 0.5) is 15.9 Å². The van der Waals surface area contributed by atoms with E-state index in [1.54, 1.807) is 17.8 Å². The Hall–Kier alpha value is -3.17. The average molecular weight is 522 g/mol. The van der Waals surface area contributed by atoms with E-state index in [1.165, 1.54) is 6.07 Å². The molecular formula is C28H32FN5O2S. The standard InChI is InChI=1S/C28H32FN5O2S/c1-20-17-26(34-14-12-33(13-15-34)25-7-3-2-6-24(25)29)32-28(31-20)37-19-21-8-10-22(11-9-21)27(35)30-18-23-5-4-16-36-23/h2-3,6-11,17,23H,4-5,12-16,18-19H2,1H3,(H,30,35). The average Bonchev–Trinajstić information content (AvgIpc) is 3.45. The number of halogens is 1. The van der Waals surface area contributed by atoms with Gasteiger partial charge in [0.25, 0.3) is 5.91 Å². The van der Waals surface area contributed by atoms with E-state index in [1.807, 2.05) is 49.4 Å². The SMILES string of the molecule is Cc1cc(N2CCN(c3ccccc3F)CC2)nc(SCc2ccc(C(=O)NCC3CCCO3)cc2)n1. The number of nitrogens with one attached hydrogen (secondary N) is 1. The number of amides is 1. The molecule has 1 aromatic heterocycles. The Bertz CT molecular complexity index is 1210. The number of carbonyl (C=O) groups excluding carboxylic acids is 1. The Balaban J connectivity index is 1.14. The minimum Gasteiger partial charge on any atom is -0.376 e. The van der Waals surface area contributed by atoms with Crippen molar-refractivity contribution in [3.8, 4) is 0 Å². The first-order valence-corrected chi connectivity index (χ1v) is 13.8. The molecule has 3 heterocycles. The van der Waals surface area contributed by atoms with Gasteiger partial charge in [0, 0.05) is 62.4 Å². The van der Waals surface area contributed by atoms with Crippen LogP contribution in [0.3, 0.4) is 0 Å². The number of aromatic nitrogens is 2. The van der Waals surface area contributed by atoms with Gasteiger partial charge in [-0.15, -0.1) is 0 Å². The number of hydrogen-bond donors (Lipinski definition) is 1. The van der Waals surface area contributed by atoms with Crippen molar-refractivity contribution in [2.24, 2.45) is 0 Å². The molecule has 2 aromatic carbocycles. The van der Waals surface area contributed by atoms with Gasteiger partial charge in [-0.3, -0.25) is 4.79 Å². The molecule has 5 rings (SSSR count). The van der Waals surface area contributed by atoms with E-state index in [2.05, 4.69) is 20.1 Å². The molecule has 2 aliphatic rings. The van der Waals surface area contributed by atoms with Crippen molar-refractivity contribution >= 4 is 29.2 Å². The molecule has 9 heteroatoms. The Morgan fingerprint density at radius 3 is 2.57 bits per heavy atom. The first-order valence-electron chi connectivity index (χ1n) is 12.8. The number of ether oxygens (including phenoxy) is 1. The van der Waals surface area contributed by atoms with Gasteiger partial charge >= 0.3 is 0 Å². The first-order chi connectivity index (χ1) is 18.0. The third-order valence-corrected chi connectivity index (χ3v) is 7.63. The number of hydrogen-bond acceptors (Lipinski definition) is 7. The summed E-state index contributed by atoms with van der Waals surface area (Å²) in [6.45, 7) is 6.33.